The number of benzene rings is 2. The molecule has 0 spiro atoms. The molecule has 6 nitrogen and oxygen atoms in total. The maximum absolute atomic E-state index is 13.3. The summed E-state index contributed by atoms with van der Waals surface area (Å²) in [6, 6.07) is 16.8. The minimum Gasteiger partial charge on any atom is -0.367 e. The molecule has 4 rings (SSSR count). The normalized spacial score (nSPS) is 18.8. The molecule has 1 aromatic heterocycles. The van der Waals surface area contributed by atoms with Gasteiger partial charge in [-0.1, -0.05) is 42.5 Å². The fourth-order valence-corrected chi connectivity index (χ4v) is 3.85. The Kier molecular flexibility index (Phi) is 8.63. The first-order valence-corrected chi connectivity index (χ1v) is 10.5. The van der Waals surface area contributed by atoms with E-state index in [0.29, 0.717) is 13.1 Å². The van der Waals surface area contributed by atoms with Crippen molar-refractivity contribution in [2.45, 2.75) is 32.2 Å². The van der Waals surface area contributed by atoms with Gasteiger partial charge in [-0.2, -0.15) is 5.10 Å². The van der Waals surface area contributed by atoms with E-state index in [9.17, 15) is 4.39 Å². The average molecular weight is 549 g/mol. The first-order valence-electron chi connectivity index (χ1n) is 10.5. The number of hydrogen-bond donors (Lipinski definition) is 1. The molecule has 1 fully saturated rings. The van der Waals surface area contributed by atoms with Crippen molar-refractivity contribution in [2.75, 3.05) is 20.1 Å². The average Bonchev–Trinajstić information content (AvgIpc) is 3.22. The largest absolute Gasteiger partial charge is 0.367 e. The molecule has 1 N–H and O–H groups in total. The monoisotopic (exact) mass is 549 g/mol. The number of aliphatic imine (C=N–C) groups is 1. The molecular weight excluding hydrogens is 520 g/mol. The van der Waals surface area contributed by atoms with Gasteiger partial charge in [-0.3, -0.25) is 9.67 Å². The van der Waals surface area contributed by atoms with Gasteiger partial charge in [0, 0.05) is 31.9 Å². The minimum atomic E-state index is -0.241. The third-order valence-corrected chi connectivity index (χ3v) is 5.34. The molecule has 8 heteroatoms. The number of rotatable bonds is 5. The van der Waals surface area contributed by atoms with E-state index in [1.54, 1.807) is 19.2 Å². The molecule has 0 saturated carbocycles. The van der Waals surface area contributed by atoms with Crippen molar-refractivity contribution in [3.8, 4) is 0 Å². The van der Waals surface area contributed by atoms with Crippen LogP contribution in [0.5, 0.6) is 0 Å². The van der Waals surface area contributed by atoms with Gasteiger partial charge < -0.3 is 15.0 Å². The molecule has 0 bridgehead atoms. The van der Waals surface area contributed by atoms with Crippen LogP contribution in [0.1, 0.15) is 29.7 Å². The molecule has 1 aliphatic heterocycles. The highest BCUT2D eigenvalue weighted by Crippen LogP contribution is 2.25. The summed E-state index contributed by atoms with van der Waals surface area (Å²) in [4.78, 5) is 6.66. The molecule has 170 valence electrons. The van der Waals surface area contributed by atoms with Crippen LogP contribution in [0.15, 0.2) is 72.0 Å². The molecule has 0 amide bonds. The van der Waals surface area contributed by atoms with Crippen LogP contribution in [0.4, 0.5) is 4.39 Å². The number of hydrogen-bond acceptors (Lipinski definition) is 3. The number of halogens is 2. The number of guanidine groups is 1. The number of ether oxygens (including phenoxy) is 1. The van der Waals surface area contributed by atoms with Gasteiger partial charge in [0.05, 0.1) is 25.4 Å². The van der Waals surface area contributed by atoms with E-state index in [-0.39, 0.29) is 42.0 Å². The van der Waals surface area contributed by atoms with Crippen molar-refractivity contribution >= 4 is 29.9 Å². The molecule has 0 aliphatic carbocycles. The maximum Gasteiger partial charge on any atom is 0.194 e. The third-order valence-electron chi connectivity index (χ3n) is 5.34. The highest BCUT2D eigenvalue weighted by Gasteiger charge is 2.28. The zero-order valence-corrected chi connectivity index (χ0v) is 20.6. The smallest absolute Gasteiger partial charge is 0.194 e. The molecule has 2 heterocycles. The zero-order valence-electron chi connectivity index (χ0n) is 18.3. The second-order valence-electron chi connectivity index (χ2n) is 7.82. The SMILES string of the molecule is CN=C(NCc1cnn(Cc2ccccc2)c1)N1CC(C)OC(c2ccc(F)cc2)C1.I. The van der Waals surface area contributed by atoms with E-state index >= 15 is 0 Å². The lowest BCUT2D eigenvalue weighted by Crippen LogP contribution is -2.50. The predicted octanol–water partition coefficient (Wildman–Crippen LogP) is 4.23. The molecule has 2 aromatic carbocycles. The van der Waals surface area contributed by atoms with E-state index < -0.39 is 0 Å². The quantitative estimate of drug-likeness (QED) is 0.294. The second kappa shape index (κ2) is 11.4. The Morgan fingerprint density at radius 3 is 2.59 bits per heavy atom. The van der Waals surface area contributed by atoms with Crippen molar-refractivity contribution in [2.24, 2.45) is 4.99 Å². The molecule has 1 saturated heterocycles. The standard InChI is InChI=1S/C24H28FN5O.HI/c1-18-14-29(17-23(31-18)21-8-10-22(25)11-9-21)24(26-2)27-12-20-13-28-30(16-20)15-19-6-4-3-5-7-19;/h3-11,13,16,18,23H,12,14-15,17H2,1-2H3,(H,26,27);1H. The Morgan fingerprint density at radius 2 is 1.88 bits per heavy atom. The lowest BCUT2D eigenvalue weighted by atomic mass is 10.1. The summed E-state index contributed by atoms with van der Waals surface area (Å²) in [6.07, 6.45) is 3.84. The number of nitrogens with one attached hydrogen (secondary N) is 1. The Bertz CT molecular complexity index is 1010. The maximum atomic E-state index is 13.3. The summed E-state index contributed by atoms with van der Waals surface area (Å²) in [5.41, 5.74) is 3.28. The van der Waals surface area contributed by atoms with Crippen molar-refractivity contribution in [1.82, 2.24) is 20.0 Å². The van der Waals surface area contributed by atoms with Crippen LogP contribution in [0.3, 0.4) is 0 Å². The molecule has 2 atom stereocenters. The summed E-state index contributed by atoms with van der Waals surface area (Å²) in [7, 11) is 1.79. The zero-order chi connectivity index (χ0) is 21.6. The topological polar surface area (TPSA) is 54.7 Å². The Balaban J connectivity index is 0.00000289. The van der Waals surface area contributed by atoms with Crippen LogP contribution in [0.2, 0.25) is 0 Å². The lowest BCUT2D eigenvalue weighted by molar-refractivity contribution is -0.0605. The van der Waals surface area contributed by atoms with Gasteiger partial charge in [0.1, 0.15) is 11.9 Å². The fraction of sp³-hybridized carbons (Fsp3) is 0.333. The van der Waals surface area contributed by atoms with E-state index in [1.165, 1.54) is 17.7 Å². The molecule has 32 heavy (non-hydrogen) atoms. The van der Waals surface area contributed by atoms with Crippen LogP contribution >= 0.6 is 24.0 Å². The van der Waals surface area contributed by atoms with Crippen molar-refractivity contribution < 1.29 is 9.13 Å². The van der Waals surface area contributed by atoms with Crippen LogP contribution < -0.4 is 5.32 Å². The van der Waals surface area contributed by atoms with Crippen molar-refractivity contribution in [1.29, 1.82) is 0 Å². The van der Waals surface area contributed by atoms with Crippen LogP contribution in [0.25, 0.3) is 0 Å². The number of morpholine rings is 1. The van der Waals surface area contributed by atoms with Crippen molar-refractivity contribution in [3.63, 3.8) is 0 Å². The third kappa shape index (κ3) is 6.29. The molecule has 0 radical (unpaired) electrons. The van der Waals surface area contributed by atoms with Gasteiger partial charge in [-0.05, 0) is 30.2 Å². The predicted molar refractivity (Wildman–Crippen MR) is 135 cm³/mol. The first-order chi connectivity index (χ1) is 15.1. The Labute approximate surface area is 205 Å². The molecule has 2 unspecified atom stereocenters. The van der Waals surface area contributed by atoms with Gasteiger partial charge in [-0.25, -0.2) is 4.39 Å². The highest BCUT2D eigenvalue weighted by atomic mass is 127. The first kappa shape index (κ1) is 24.2. The highest BCUT2D eigenvalue weighted by molar-refractivity contribution is 14.0. The number of nitrogens with zero attached hydrogens (tertiary/aromatic N) is 4. The Hall–Kier alpha value is -2.46. The minimum absolute atomic E-state index is 0. The summed E-state index contributed by atoms with van der Waals surface area (Å²) >= 11 is 0. The van der Waals surface area contributed by atoms with Gasteiger partial charge in [0.25, 0.3) is 0 Å². The summed E-state index contributed by atoms with van der Waals surface area (Å²) in [6.45, 7) is 4.82. The van der Waals surface area contributed by atoms with Crippen LogP contribution in [0, 0.1) is 5.82 Å². The van der Waals surface area contributed by atoms with Gasteiger partial charge in [0.15, 0.2) is 5.96 Å². The molecule has 1 aliphatic rings. The fourth-order valence-electron chi connectivity index (χ4n) is 3.85. The van der Waals surface area contributed by atoms with Gasteiger partial charge in [-0.15, -0.1) is 24.0 Å². The van der Waals surface area contributed by atoms with Gasteiger partial charge in [0.2, 0.25) is 0 Å². The van der Waals surface area contributed by atoms with E-state index in [1.807, 2.05) is 36.0 Å². The van der Waals surface area contributed by atoms with E-state index in [0.717, 1.165) is 30.2 Å². The van der Waals surface area contributed by atoms with Gasteiger partial charge >= 0.3 is 0 Å². The number of aromatic nitrogens is 2. The van der Waals surface area contributed by atoms with E-state index in [4.69, 9.17) is 4.74 Å². The van der Waals surface area contributed by atoms with Crippen LogP contribution in [-0.2, 0) is 17.8 Å². The van der Waals surface area contributed by atoms with Crippen molar-refractivity contribution in [3.05, 3.63) is 89.5 Å². The van der Waals surface area contributed by atoms with Crippen LogP contribution in [-0.4, -0.2) is 46.9 Å². The summed E-state index contributed by atoms with van der Waals surface area (Å²) in [5, 5.41) is 7.91. The van der Waals surface area contributed by atoms with E-state index in [2.05, 4.69) is 38.6 Å². The second-order valence-corrected chi connectivity index (χ2v) is 7.82. The summed E-state index contributed by atoms with van der Waals surface area (Å²) < 4.78 is 21.3. The molecule has 3 aromatic rings. The molecular formula is C24H29FIN5O. The Morgan fingerprint density at radius 1 is 1.12 bits per heavy atom. The summed E-state index contributed by atoms with van der Waals surface area (Å²) in [5.74, 6) is 0.577. The lowest BCUT2D eigenvalue weighted by Gasteiger charge is -2.38.